The molecule has 13 heavy (non-hydrogen) atoms. The number of aliphatic carboxylic acids is 1. The molecule has 0 fully saturated rings. The van der Waals surface area contributed by atoms with E-state index in [0.29, 0.717) is 6.42 Å². The number of hydrogen-bond acceptors (Lipinski definition) is 4. The Kier molecular flexibility index (Phi) is 5.66. The standard InChI is InChI=1S/C9H18O4/c1-6(12-3)5-8(9(10)11)7(2)13-4/h6-8H,5H2,1-4H3,(H,10,11)/p-1. The molecule has 0 rings (SSSR count). The van der Waals surface area contributed by atoms with Crippen molar-refractivity contribution in [1.82, 2.24) is 0 Å². The third-order valence-electron chi connectivity index (χ3n) is 2.23. The van der Waals surface area contributed by atoms with E-state index >= 15 is 0 Å². The normalized spacial score (nSPS) is 17.8. The maximum absolute atomic E-state index is 10.7. The van der Waals surface area contributed by atoms with Gasteiger partial charge in [-0.2, -0.15) is 0 Å². The van der Waals surface area contributed by atoms with Gasteiger partial charge in [-0.3, -0.25) is 0 Å². The first-order valence-electron chi connectivity index (χ1n) is 4.29. The van der Waals surface area contributed by atoms with Crippen LogP contribution in [0.4, 0.5) is 0 Å². The summed E-state index contributed by atoms with van der Waals surface area (Å²) >= 11 is 0. The molecule has 78 valence electrons. The molecule has 0 bridgehead atoms. The molecule has 0 aliphatic carbocycles. The number of carbonyl (C=O) groups excluding carboxylic acids is 1. The molecule has 0 aliphatic rings. The SMILES string of the molecule is COC(C)CC(C(=O)[O-])C(C)OC. The van der Waals surface area contributed by atoms with Gasteiger partial charge in [-0.1, -0.05) is 0 Å². The Labute approximate surface area is 78.8 Å². The first-order valence-corrected chi connectivity index (χ1v) is 4.29. The van der Waals surface area contributed by atoms with Crippen LogP contribution in [0.1, 0.15) is 20.3 Å². The molecular formula is C9H17O4-. The van der Waals surface area contributed by atoms with Gasteiger partial charge < -0.3 is 19.4 Å². The zero-order valence-corrected chi connectivity index (χ0v) is 8.57. The summed E-state index contributed by atoms with van der Waals surface area (Å²) in [6.45, 7) is 3.53. The summed E-state index contributed by atoms with van der Waals surface area (Å²) in [6.07, 6.45) is -0.0310. The van der Waals surface area contributed by atoms with Crippen LogP contribution in [0.3, 0.4) is 0 Å². The molecule has 0 N–H and O–H groups in total. The van der Waals surface area contributed by atoms with Crippen molar-refractivity contribution in [1.29, 1.82) is 0 Å². The van der Waals surface area contributed by atoms with E-state index in [2.05, 4.69) is 0 Å². The molecule has 0 aromatic heterocycles. The number of hydrogen-bond donors (Lipinski definition) is 0. The van der Waals surface area contributed by atoms with Crippen LogP contribution < -0.4 is 5.11 Å². The minimum absolute atomic E-state index is 0.0968. The smallest absolute Gasteiger partial charge is 0.0624 e. The quantitative estimate of drug-likeness (QED) is 0.581. The van der Waals surface area contributed by atoms with Crippen LogP contribution in [0, 0.1) is 5.92 Å². The second kappa shape index (κ2) is 5.94. The molecule has 0 saturated heterocycles. The fraction of sp³-hybridized carbons (Fsp3) is 0.889. The van der Waals surface area contributed by atoms with Gasteiger partial charge in [-0.05, 0) is 20.3 Å². The van der Waals surface area contributed by atoms with Crippen molar-refractivity contribution in [2.24, 2.45) is 5.92 Å². The van der Waals surface area contributed by atoms with Gasteiger partial charge in [0.15, 0.2) is 0 Å². The Bertz CT molecular complexity index is 158. The van der Waals surface area contributed by atoms with Gasteiger partial charge in [0.05, 0.1) is 12.2 Å². The number of ether oxygens (including phenoxy) is 2. The van der Waals surface area contributed by atoms with Gasteiger partial charge in [-0.25, -0.2) is 0 Å². The third-order valence-corrected chi connectivity index (χ3v) is 2.23. The van der Waals surface area contributed by atoms with Crippen molar-refractivity contribution in [2.45, 2.75) is 32.5 Å². The summed E-state index contributed by atoms with van der Waals surface area (Å²) in [5, 5.41) is 10.7. The molecule has 3 unspecified atom stereocenters. The van der Waals surface area contributed by atoms with Crippen LogP contribution in [0.2, 0.25) is 0 Å². The summed E-state index contributed by atoms with van der Waals surface area (Å²) in [4.78, 5) is 10.7. The number of rotatable bonds is 6. The maximum atomic E-state index is 10.7. The van der Waals surface area contributed by atoms with E-state index in [-0.39, 0.29) is 12.2 Å². The summed E-state index contributed by atoms with van der Waals surface area (Å²) in [5.41, 5.74) is 0. The summed E-state index contributed by atoms with van der Waals surface area (Å²) < 4.78 is 9.92. The Morgan fingerprint density at radius 1 is 1.31 bits per heavy atom. The second-order valence-corrected chi connectivity index (χ2v) is 3.15. The summed E-state index contributed by atoms with van der Waals surface area (Å²) in [7, 11) is 3.03. The number of carboxylic acid groups (broad SMARTS) is 1. The Balaban J connectivity index is 4.17. The molecule has 4 heteroatoms. The van der Waals surface area contributed by atoms with Crippen LogP contribution >= 0.6 is 0 Å². The van der Waals surface area contributed by atoms with Crippen LogP contribution in [-0.4, -0.2) is 32.4 Å². The molecule has 4 nitrogen and oxygen atoms in total. The highest BCUT2D eigenvalue weighted by atomic mass is 16.5. The zero-order valence-electron chi connectivity index (χ0n) is 8.57. The predicted molar refractivity (Wildman–Crippen MR) is 46.1 cm³/mol. The predicted octanol–water partition coefficient (Wildman–Crippen LogP) is -0.188. The molecule has 0 aliphatic heterocycles. The molecule has 0 heterocycles. The lowest BCUT2D eigenvalue weighted by atomic mass is 9.97. The number of carbonyl (C=O) groups is 1. The van der Waals surface area contributed by atoms with Crippen LogP contribution in [0.25, 0.3) is 0 Å². The number of methoxy groups -OCH3 is 2. The lowest BCUT2D eigenvalue weighted by Crippen LogP contribution is -2.40. The topological polar surface area (TPSA) is 58.6 Å². The fourth-order valence-corrected chi connectivity index (χ4v) is 1.10. The van der Waals surface area contributed by atoms with Crippen molar-refractivity contribution in [2.75, 3.05) is 14.2 Å². The fourth-order valence-electron chi connectivity index (χ4n) is 1.10. The molecule has 0 saturated carbocycles. The minimum atomic E-state index is -1.08. The lowest BCUT2D eigenvalue weighted by Gasteiger charge is -2.25. The average Bonchev–Trinajstić information content (AvgIpc) is 2.11. The van der Waals surface area contributed by atoms with Crippen LogP contribution in [0.5, 0.6) is 0 Å². The van der Waals surface area contributed by atoms with Crippen molar-refractivity contribution >= 4 is 5.97 Å². The average molecular weight is 189 g/mol. The highest BCUT2D eigenvalue weighted by Gasteiger charge is 2.20. The van der Waals surface area contributed by atoms with Gasteiger partial charge in [0.25, 0.3) is 0 Å². The number of carboxylic acids is 1. The van der Waals surface area contributed by atoms with Gasteiger partial charge in [0.2, 0.25) is 0 Å². The van der Waals surface area contributed by atoms with Crippen molar-refractivity contribution in [3.05, 3.63) is 0 Å². The largest absolute Gasteiger partial charge is 0.550 e. The molecule has 0 aromatic carbocycles. The molecule has 0 aromatic rings. The molecule has 0 spiro atoms. The Morgan fingerprint density at radius 3 is 2.15 bits per heavy atom. The Hall–Kier alpha value is -0.610. The van der Waals surface area contributed by atoms with E-state index in [1.54, 1.807) is 14.0 Å². The van der Waals surface area contributed by atoms with E-state index in [4.69, 9.17) is 9.47 Å². The first kappa shape index (κ1) is 12.4. The monoisotopic (exact) mass is 189 g/mol. The second-order valence-electron chi connectivity index (χ2n) is 3.15. The summed E-state index contributed by atoms with van der Waals surface area (Å²) in [6, 6.07) is 0. The molecule has 0 radical (unpaired) electrons. The zero-order chi connectivity index (χ0) is 10.4. The van der Waals surface area contributed by atoms with E-state index < -0.39 is 11.9 Å². The van der Waals surface area contributed by atoms with Gasteiger partial charge >= 0.3 is 0 Å². The van der Waals surface area contributed by atoms with Crippen molar-refractivity contribution in [3.63, 3.8) is 0 Å². The highest BCUT2D eigenvalue weighted by molar-refractivity contribution is 5.68. The van der Waals surface area contributed by atoms with Crippen molar-refractivity contribution in [3.8, 4) is 0 Å². The minimum Gasteiger partial charge on any atom is -0.550 e. The summed E-state index contributed by atoms with van der Waals surface area (Å²) in [5.74, 6) is -1.70. The maximum Gasteiger partial charge on any atom is 0.0624 e. The highest BCUT2D eigenvalue weighted by Crippen LogP contribution is 2.14. The van der Waals surface area contributed by atoms with Crippen molar-refractivity contribution < 1.29 is 19.4 Å². The van der Waals surface area contributed by atoms with Gasteiger partial charge in [0.1, 0.15) is 0 Å². The van der Waals surface area contributed by atoms with E-state index in [1.165, 1.54) is 7.11 Å². The van der Waals surface area contributed by atoms with Crippen LogP contribution in [0.15, 0.2) is 0 Å². The molecular weight excluding hydrogens is 172 g/mol. The van der Waals surface area contributed by atoms with Gasteiger partial charge in [0, 0.05) is 26.1 Å². The lowest BCUT2D eigenvalue weighted by molar-refractivity contribution is -0.315. The third kappa shape index (κ3) is 4.24. The first-order chi connectivity index (χ1) is 6.02. The molecule has 3 atom stereocenters. The van der Waals surface area contributed by atoms with Gasteiger partial charge in [-0.15, -0.1) is 0 Å². The van der Waals surface area contributed by atoms with E-state index in [1.807, 2.05) is 6.92 Å². The van der Waals surface area contributed by atoms with Crippen LogP contribution in [-0.2, 0) is 14.3 Å². The molecule has 0 amide bonds. The van der Waals surface area contributed by atoms with E-state index in [0.717, 1.165) is 0 Å². The van der Waals surface area contributed by atoms with E-state index in [9.17, 15) is 9.90 Å². The Morgan fingerprint density at radius 2 is 1.85 bits per heavy atom.